The third-order valence-electron chi connectivity index (χ3n) is 1.54. The molecule has 0 aromatic heterocycles. The van der Waals surface area contributed by atoms with Crippen LogP contribution in [0.15, 0.2) is 0 Å². The summed E-state index contributed by atoms with van der Waals surface area (Å²) in [6.07, 6.45) is -0.0880. The molecule has 0 N–H and O–H groups in total. The molecule has 1 saturated heterocycles. The van der Waals surface area contributed by atoms with E-state index in [1.54, 1.807) is 27.7 Å². The van der Waals surface area contributed by atoms with Crippen molar-refractivity contribution < 1.29 is 28.6 Å². The Morgan fingerprint density at radius 2 is 1.76 bits per heavy atom. The first-order chi connectivity index (χ1) is 7.64. The van der Waals surface area contributed by atoms with Gasteiger partial charge in [0.2, 0.25) is 6.79 Å². The number of carbonyl (C=O) groups excluding carboxylic acids is 3. The predicted molar refractivity (Wildman–Crippen MR) is 58.3 cm³/mol. The van der Waals surface area contributed by atoms with Crippen molar-refractivity contribution in [3.8, 4) is 0 Å². The zero-order valence-electron chi connectivity index (χ0n) is 10.1. The van der Waals surface area contributed by atoms with Crippen LogP contribution >= 0.6 is 11.6 Å². The highest BCUT2D eigenvalue weighted by Gasteiger charge is 2.31. The lowest BCUT2D eigenvalue weighted by molar-refractivity contribution is -0.160. The fraction of sp³-hybridized carbons (Fsp3) is 0.700. The van der Waals surface area contributed by atoms with Crippen molar-refractivity contribution >= 4 is 29.0 Å². The number of hydrogen-bond acceptors (Lipinski definition) is 6. The molecule has 1 rings (SSSR count). The molecule has 1 aliphatic rings. The molecule has 1 fully saturated rings. The van der Waals surface area contributed by atoms with E-state index >= 15 is 0 Å². The summed E-state index contributed by atoms with van der Waals surface area (Å²) < 4.78 is 13.0. The first-order valence-electron chi connectivity index (χ1n) is 4.84. The molecule has 17 heavy (non-hydrogen) atoms. The van der Waals surface area contributed by atoms with Crippen molar-refractivity contribution in [1.29, 1.82) is 0 Å². The minimum absolute atomic E-state index is 0.0787. The second-order valence-corrected chi connectivity index (χ2v) is 4.57. The largest absolute Gasteiger partial charge is 0.448 e. The molecule has 0 aromatic carbocycles. The van der Waals surface area contributed by atoms with E-state index in [1.165, 1.54) is 0 Å². The van der Waals surface area contributed by atoms with Crippen molar-refractivity contribution in [2.75, 3.05) is 6.79 Å². The van der Waals surface area contributed by atoms with Gasteiger partial charge in [-0.25, -0.2) is 9.59 Å². The van der Waals surface area contributed by atoms with Crippen LogP contribution in [0.25, 0.3) is 0 Å². The molecular formula is C10H15ClO6. The van der Waals surface area contributed by atoms with Crippen molar-refractivity contribution in [1.82, 2.24) is 0 Å². The van der Waals surface area contributed by atoms with E-state index in [0.717, 1.165) is 0 Å². The van der Waals surface area contributed by atoms with E-state index in [0.29, 0.717) is 0 Å². The first-order valence-corrected chi connectivity index (χ1v) is 5.22. The number of ether oxygens (including phenoxy) is 3. The van der Waals surface area contributed by atoms with Gasteiger partial charge >= 0.3 is 17.4 Å². The highest BCUT2D eigenvalue weighted by atomic mass is 35.5. The molecule has 0 radical (unpaired) electrons. The summed E-state index contributed by atoms with van der Waals surface area (Å²) in [5, 5.41) is 0. The van der Waals surface area contributed by atoms with Crippen LogP contribution in [-0.2, 0) is 23.8 Å². The zero-order valence-corrected chi connectivity index (χ0v) is 10.9. The first kappa shape index (κ1) is 15.7. The van der Waals surface area contributed by atoms with Crippen LogP contribution in [0.3, 0.4) is 0 Å². The highest BCUT2D eigenvalue weighted by molar-refractivity contribution is 6.61. The minimum Gasteiger partial charge on any atom is -0.448 e. The Hall–Kier alpha value is -1.30. The standard InChI is InChI=1S/C7H11ClO4.C3H4O2/c1-7(2,3)5(9)11-4-12-6(8)10;1-2-3(4)5-2/h4H2,1-3H3;2H,1H3. The lowest BCUT2D eigenvalue weighted by Gasteiger charge is -2.15. The highest BCUT2D eigenvalue weighted by Crippen LogP contribution is 2.14. The van der Waals surface area contributed by atoms with Crippen LogP contribution in [-0.4, -0.2) is 30.3 Å². The number of cyclic esters (lactones) is 1. The number of rotatable bonds is 2. The Bertz CT molecular complexity index is 306. The van der Waals surface area contributed by atoms with Gasteiger partial charge in [-0.2, -0.15) is 0 Å². The molecule has 6 nitrogen and oxygen atoms in total. The number of hydrogen-bond donors (Lipinski definition) is 0. The van der Waals surface area contributed by atoms with Gasteiger partial charge in [-0.15, -0.1) is 0 Å². The van der Waals surface area contributed by atoms with Gasteiger partial charge in [-0.1, -0.05) is 0 Å². The monoisotopic (exact) mass is 266 g/mol. The van der Waals surface area contributed by atoms with Crippen LogP contribution in [0.5, 0.6) is 0 Å². The molecule has 1 heterocycles. The third kappa shape index (κ3) is 8.50. The van der Waals surface area contributed by atoms with Crippen molar-refractivity contribution in [2.24, 2.45) is 5.41 Å². The van der Waals surface area contributed by atoms with Crippen molar-refractivity contribution in [3.63, 3.8) is 0 Å². The Morgan fingerprint density at radius 1 is 1.35 bits per heavy atom. The van der Waals surface area contributed by atoms with Gasteiger partial charge in [-0.3, -0.25) is 4.79 Å². The second-order valence-electron chi connectivity index (χ2n) is 4.26. The molecule has 7 heteroatoms. The topological polar surface area (TPSA) is 82.2 Å². The molecule has 0 spiro atoms. The maximum absolute atomic E-state index is 11.0. The van der Waals surface area contributed by atoms with Gasteiger partial charge < -0.3 is 14.2 Å². The molecule has 1 atom stereocenters. The van der Waals surface area contributed by atoms with Crippen LogP contribution in [0.4, 0.5) is 4.79 Å². The van der Waals surface area contributed by atoms with Gasteiger partial charge in [0, 0.05) is 11.6 Å². The van der Waals surface area contributed by atoms with E-state index in [4.69, 9.17) is 11.6 Å². The Morgan fingerprint density at radius 3 is 2.00 bits per heavy atom. The lowest BCUT2D eigenvalue weighted by atomic mass is 9.98. The summed E-state index contributed by atoms with van der Waals surface area (Å²) in [6.45, 7) is 6.37. The van der Waals surface area contributed by atoms with Crippen molar-refractivity contribution in [2.45, 2.75) is 33.8 Å². The molecule has 98 valence electrons. The van der Waals surface area contributed by atoms with Crippen LogP contribution in [0, 0.1) is 5.41 Å². The molecule has 1 aliphatic heterocycles. The maximum atomic E-state index is 11.0. The third-order valence-corrected chi connectivity index (χ3v) is 1.65. The van der Waals surface area contributed by atoms with Gasteiger partial charge in [0.15, 0.2) is 6.10 Å². The van der Waals surface area contributed by atoms with Crippen LogP contribution < -0.4 is 0 Å². The quantitative estimate of drug-likeness (QED) is 0.328. The Kier molecular flexibility index (Phi) is 5.95. The average Bonchev–Trinajstić information content (AvgIpc) is 2.78. The summed E-state index contributed by atoms with van der Waals surface area (Å²) in [7, 11) is 0. The fourth-order valence-electron chi connectivity index (χ4n) is 0.486. The van der Waals surface area contributed by atoms with E-state index < -0.39 is 23.6 Å². The van der Waals surface area contributed by atoms with Gasteiger partial charge in [-0.05, 0) is 27.7 Å². The molecular weight excluding hydrogens is 252 g/mol. The maximum Gasteiger partial charge on any atom is 0.406 e. The van der Waals surface area contributed by atoms with Crippen LogP contribution in [0.1, 0.15) is 27.7 Å². The van der Waals surface area contributed by atoms with Gasteiger partial charge in [0.1, 0.15) is 0 Å². The molecule has 0 bridgehead atoms. The summed E-state index contributed by atoms with van der Waals surface area (Å²) in [6, 6.07) is 0. The number of halogens is 1. The zero-order chi connectivity index (χ0) is 13.6. The van der Waals surface area contributed by atoms with E-state index in [1.807, 2.05) is 0 Å². The van der Waals surface area contributed by atoms with E-state index in [-0.39, 0.29) is 12.1 Å². The summed E-state index contributed by atoms with van der Waals surface area (Å²) in [5.74, 6) is -0.523. The Labute approximate surface area is 104 Å². The normalized spacial score (nSPS) is 17.2. The van der Waals surface area contributed by atoms with Crippen LogP contribution in [0.2, 0.25) is 0 Å². The molecule has 0 saturated carbocycles. The fourth-order valence-corrected chi connectivity index (χ4v) is 0.531. The SMILES string of the molecule is CC(C)(C)C(=O)OCOC(=O)Cl.CC1OC1=O. The van der Waals surface area contributed by atoms with E-state index in [9.17, 15) is 14.4 Å². The van der Waals surface area contributed by atoms with E-state index in [2.05, 4.69) is 14.2 Å². The smallest absolute Gasteiger partial charge is 0.406 e. The average molecular weight is 267 g/mol. The molecule has 0 aromatic rings. The summed E-state index contributed by atoms with van der Waals surface area (Å²) in [4.78, 5) is 30.7. The van der Waals surface area contributed by atoms with Gasteiger partial charge in [0.05, 0.1) is 5.41 Å². The lowest BCUT2D eigenvalue weighted by Crippen LogP contribution is -2.24. The minimum atomic E-state index is -0.989. The number of esters is 1. The van der Waals surface area contributed by atoms with Gasteiger partial charge in [0.25, 0.3) is 0 Å². The van der Waals surface area contributed by atoms with Crippen molar-refractivity contribution in [3.05, 3.63) is 0 Å². The summed E-state index contributed by atoms with van der Waals surface area (Å²) in [5.41, 5.74) is -1.59. The predicted octanol–water partition coefficient (Wildman–Crippen LogP) is 1.84. The molecule has 1 unspecified atom stereocenters. The second kappa shape index (κ2) is 6.44. The molecule has 0 aliphatic carbocycles. The Balaban J connectivity index is 0.000000419. The summed E-state index contributed by atoms with van der Waals surface area (Å²) >= 11 is 4.82. The number of carbonyl (C=O) groups is 3. The number of epoxide rings is 1. The molecule has 0 amide bonds.